The SMILES string of the molecule is C/C=C/C=C/C(=O)OCC(=O)N1CCN(c2ccc(C(C)=O)cc2F)CC1. The van der Waals surface area contributed by atoms with Crippen LogP contribution in [0.2, 0.25) is 0 Å². The van der Waals surface area contributed by atoms with Gasteiger partial charge in [-0.2, -0.15) is 0 Å². The summed E-state index contributed by atoms with van der Waals surface area (Å²) in [7, 11) is 0. The predicted molar refractivity (Wildman–Crippen MR) is 100 cm³/mol. The van der Waals surface area contributed by atoms with Gasteiger partial charge in [-0.1, -0.05) is 18.2 Å². The van der Waals surface area contributed by atoms with E-state index in [4.69, 9.17) is 4.74 Å². The van der Waals surface area contributed by atoms with Crippen LogP contribution in [-0.2, 0) is 14.3 Å². The molecule has 1 heterocycles. The quantitative estimate of drug-likeness (QED) is 0.331. The highest BCUT2D eigenvalue weighted by atomic mass is 19.1. The first kappa shape index (κ1) is 20.4. The fraction of sp³-hybridized carbons (Fsp3) is 0.350. The van der Waals surface area contributed by atoms with Gasteiger partial charge in [0.2, 0.25) is 0 Å². The van der Waals surface area contributed by atoms with Crippen molar-refractivity contribution in [3.05, 3.63) is 53.9 Å². The topological polar surface area (TPSA) is 66.9 Å². The average Bonchev–Trinajstić information content (AvgIpc) is 2.66. The van der Waals surface area contributed by atoms with E-state index < -0.39 is 11.8 Å². The van der Waals surface area contributed by atoms with Crippen molar-refractivity contribution in [2.24, 2.45) is 0 Å². The Hall–Kier alpha value is -2.96. The van der Waals surface area contributed by atoms with Gasteiger partial charge in [-0.25, -0.2) is 9.18 Å². The molecular weight excluding hydrogens is 351 g/mol. The van der Waals surface area contributed by atoms with Crippen LogP contribution >= 0.6 is 0 Å². The molecule has 0 saturated carbocycles. The lowest BCUT2D eigenvalue weighted by Crippen LogP contribution is -2.50. The smallest absolute Gasteiger partial charge is 0.331 e. The number of nitrogens with zero attached hydrogens (tertiary/aromatic N) is 2. The van der Waals surface area contributed by atoms with Crippen LogP contribution in [0.15, 0.2) is 42.5 Å². The molecule has 1 aliphatic rings. The van der Waals surface area contributed by atoms with Crippen LogP contribution in [0.3, 0.4) is 0 Å². The Bertz CT molecular complexity index is 765. The van der Waals surface area contributed by atoms with Crippen molar-refractivity contribution in [2.45, 2.75) is 13.8 Å². The maximum atomic E-state index is 14.2. The van der Waals surface area contributed by atoms with Crippen LogP contribution < -0.4 is 4.90 Å². The second-order valence-corrected chi connectivity index (χ2v) is 6.08. The molecule has 0 unspecified atom stereocenters. The Labute approximate surface area is 157 Å². The van der Waals surface area contributed by atoms with Crippen molar-refractivity contribution >= 4 is 23.3 Å². The van der Waals surface area contributed by atoms with Gasteiger partial charge in [0, 0.05) is 37.8 Å². The first-order valence-corrected chi connectivity index (χ1v) is 8.71. The molecule has 0 bridgehead atoms. The number of ketones is 1. The van der Waals surface area contributed by atoms with Crippen LogP contribution in [0.4, 0.5) is 10.1 Å². The van der Waals surface area contributed by atoms with Gasteiger partial charge in [-0.05, 0) is 32.0 Å². The van der Waals surface area contributed by atoms with Crippen molar-refractivity contribution in [2.75, 3.05) is 37.7 Å². The van der Waals surface area contributed by atoms with Crippen LogP contribution in [0.25, 0.3) is 0 Å². The van der Waals surface area contributed by atoms with Crippen LogP contribution in [0.1, 0.15) is 24.2 Å². The number of allylic oxidation sites excluding steroid dienone is 3. The third-order valence-electron chi connectivity index (χ3n) is 4.20. The molecule has 1 aromatic rings. The molecule has 0 aromatic heterocycles. The van der Waals surface area contributed by atoms with E-state index in [-0.39, 0.29) is 18.3 Å². The summed E-state index contributed by atoms with van der Waals surface area (Å²) in [5.41, 5.74) is 0.739. The number of carbonyl (C=O) groups is 3. The number of halogens is 1. The summed E-state index contributed by atoms with van der Waals surface area (Å²) in [6.07, 6.45) is 6.24. The number of carbonyl (C=O) groups excluding carboxylic acids is 3. The zero-order valence-corrected chi connectivity index (χ0v) is 15.5. The van der Waals surface area contributed by atoms with Crippen molar-refractivity contribution in [3.63, 3.8) is 0 Å². The maximum absolute atomic E-state index is 14.2. The van der Waals surface area contributed by atoms with Crippen molar-refractivity contribution in [3.8, 4) is 0 Å². The summed E-state index contributed by atoms with van der Waals surface area (Å²) >= 11 is 0. The standard InChI is InChI=1S/C20H23FN2O4/c1-3-4-5-6-20(26)27-14-19(25)23-11-9-22(10-12-23)18-8-7-16(15(2)24)13-17(18)21/h3-8,13H,9-12,14H2,1-2H3/b4-3+,6-5+. The number of anilines is 1. The molecule has 1 aromatic carbocycles. The predicted octanol–water partition coefficient (Wildman–Crippen LogP) is 2.35. The van der Waals surface area contributed by atoms with Gasteiger partial charge in [0.25, 0.3) is 5.91 Å². The minimum absolute atomic E-state index is 0.189. The van der Waals surface area contributed by atoms with E-state index in [2.05, 4.69) is 0 Å². The van der Waals surface area contributed by atoms with E-state index in [0.717, 1.165) is 0 Å². The Morgan fingerprint density at radius 1 is 1.15 bits per heavy atom. The van der Waals surface area contributed by atoms with Crippen LogP contribution in [-0.4, -0.2) is 55.3 Å². The number of hydrogen-bond donors (Lipinski definition) is 0. The Morgan fingerprint density at radius 2 is 1.85 bits per heavy atom. The monoisotopic (exact) mass is 374 g/mol. The first-order valence-electron chi connectivity index (χ1n) is 8.71. The summed E-state index contributed by atoms with van der Waals surface area (Å²) in [6, 6.07) is 4.41. The molecular formula is C20H23FN2O4. The van der Waals surface area contributed by atoms with Gasteiger partial charge < -0.3 is 14.5 Å². The number of piperazine rings is 1. The highest BCUT2D eigenvalue weighted by molar-refractivity contribution is 5.94. The molecule has 144 valence electrons. The van der Waals surface area contributed by atoms with E-state index in [1.165, 1.54) is 25.1 Å². The van der Waals surface area contributed by atoms with Gasteiger partial charge in [0.15, 0.2) is 12.4 Å². The Balaban J connectivity index is 1.85. The fourth-order valence-electron chi connectivity index (χ4n) is 2.70. The average molecular weight is 374 g/mol. The lowest BCUT2D eigenvalue weighted by molar-refractivity contribution is -0.148. The summed E-state index contributed by atoms with van der Waals surface area (Å²) in [5, 5.41) is 0. The first-order chi connectivity index (χ1) is 12.9. The molecule has 27 heavy (non-hydrogen) atoms. The minimum atomic E-state index is -0.576. The summed E-state index contributed by atoms with van der Waals surface area (Å²) in [5.74, 6) is -1.50. The summed E-state index contributed by atoms with van der Waals surface area (Å²) < 4.78 is 19.2. The molecule has 0 aliphatic carbocycles. The molecule has 1 saturated heterocycles. The minimum Gasteiger partial charge on any atom is -0.452 e. The van der Waals surface area contributed by atoms with Crippen molar-refractivity contribution in [1.82, 2.24) is 4.90 Å². The summed E-state index contributed by atoms with van der Waals surface area (Å²) in [4.78, 5) is 38.3. The molecule has 1 fully saturated rings. The number of amides is 1. The molecule has 0 spiro atoms. The van der Waals surface area contributed by atoms with E-state index in [0.29, 0.717) is 37.4 Å². The third kappa shape index (κ3) is 5.77. The van der Waals surface area contributed by atoms with Gasteiger partial charge >= 0.3 is 5.97 Å². The molecule has 2 rings (SSSR count). The molecule has 0 atom stereocenters. The molecule has 0 radical (unpaired) electrons. The third-order valence-corrected chi connectivity index (χ3v) is 4.20. The van der Waals surface area contributed by atoms with E-state index in [9.17, 15) is 18.8 Å². The normalized spacial score (nSPS) is 14.8. The lowest BCUT2D eigenvalue weighted by atomic mass is 10.1. The number of benzene rings is 1. The molecule has 0 N–H and O–H groups in total. The zero-order valence-electron chi connectivity index (χ0n) is 15.5. The van der Waals surface area contributed by atoms with E-state index in [1.807, 2.05) is 11.8 Å². The van der Waals surface area contributed by atoms with Gasteiger partial charge in [0.05, 0.1) is 5.69 Å². The van der Waals surface area contributed by atoms with Crippen molar-refractivity contribution < 1.29 is 23.5 Å². The maximum Gasteiger partial charge on any atom is 0.331 e. The Morgan fingerprint density at radius 3 is 2.44 bits per heavy atom. The summed E-state index contributed by atoms with van der Waals surface area (Å²) in [6.45, 7) is 4.61. The largest absolute Gasteiger partial charge is 0.452 e. The van der Waals surface area contributed by atoms with Crippen LogP contribution in [0.5, 0.6) is 0 Å². The van der Waals surface area contributed by atoms with Gasteiger partial charge in [-0.3, -0.25) is 9.59 Å². The Kier molecular flexibility index (Phi) is 7.28. The lowest BCUT2D eigenvalue weighted by Gasteiger charge is -2.36. The number of esters is 1. The fourth-order valence-corrected chi connectivity index (χ4v) is 2.70. The molecule has 1 aliphatic heterocycles. The second kappa shape index (κ2) is 9.66. The van der Waals surface area contributed by atoms with Gasteiger partial charge in [0.1, 0.15) is 5.82 Å². The molecule has 6 nitrogen and oxygen atoms in total. The number of ether oxygens (including phenoxy) is 1. The highest BCUT2D eigenvalue weighted by Gasteiger charge is 2.23. The molecule has 1 amide bonds. The number of hydrogen-bond acceptors (Lipinski definition) is 5. The van der Waals surface area contributed by atoms with Gasteiger partial charge in [-0.15, -0.1) is 0 Å². The van der Waals surface area contributed by atoms with E-state index >= 15 is 0 Å². The number of rotatable bonds is 6. The van der Waals surface area contributed by atoms with Crippen molar-refractivity contribution in [1.29, 1.82) is 0 Å². The van der Waals surface area contributed by atoms with E-state index in [1.54, 1.807) is 29.2 Å². The highest BCUT2D eigenvalue weighted by Crippen LogP contribution is 2.22. The van der Waals surface area contributed by atoms with Crippen LogP contribution in [0, 0.1) is 5.82 Å². The number of Topliss-reactive ketones (excluding diaryl/α,β-unsaturated/α-hetero) is 1. The molecule has 7 heteroatoms. The zero-order chi connectivity index (χ0) is 19.8. The second-order valence-electron chi connectivity index (χ2n) is 6.08.